The fourth-order valence-electron chi connectivity index (χ4n) is 5.42. The molecule has 1 fully saturated rings. The fourth-order valence-corrected chi connectivity index (χ4v) is 5.42. The van der Waals surface area contributed by atoms with Crippen molar-refractivity contribution in [3.63, 3.8) is 0 Å². The number of ether oxygens (including phenoxy) is 1. The van der Waals surface area contributed by atoms with Gasteiger partial charge >= 0.3 is 6.09 Å². The zero-order chi connectivity index (χ0) is 28.8. The van der Waals surface area contributed by atoms with E-state index in [1.807, 2.05) is 56.0 Å². The summed E-state index contributed by atoms with van der Waals surface area (Å²) in [4.78, 5) is 27.8. The highest BCUT2D eigenvalue weighted by atomic mass is 16.6. The first-order chi connectivity index (χ1) is 19.2. The number of allylic oxidation sites excluding steroid dienone is 1. The summed E-state index contributed by atoms with van der Waals surface area (Å²) < 4.78 is 5.47. The molecule has 4 rings (SSSR count). The van der Waals surface area contributed by atoms with Gasteiger partial charge in [-0.1, -0.05) is 42.5 Å². The van der Waals surface area contributed by atoms with Gasteiger partial charge in [0.25, 0.3) is 0 Å². The summed E-state index contributed by atoms with van der Waals surface area (Å²) >= 11 is 0. The van der Waals surface area contributed by atoms with Crippen molar-refractivity contribution in [2.45, 2.75) is 52.8 Å². The van der Waals surface area contributed by atoms with Crippen molar-refractivity contribution in [1.29, 1.82) is 5.26 Å². The highest BCUT2D eigenvalue weighted by Gasteiger charge is 2.34. The first-order valence-corrected chi connectivity index (χ1v) is 13.6. The molecule has 1 aliphatic heterocycles. The maximum absolute atomic E-state index is 12.6. The molecule has 206 valence electrons. The molecule has 3 aromatic carbocycles. The number of carbonyl (C=O) groups excluding carboxylic acids is 2. The largest absolute Gasteiger partial charge is 0.447 e. The standard InChI is InChI=1S/C33H36N4O3/c1-22(2)40-33(39)37-24(4)19-36(20-25(37)5)29-15-13-28(14-16-29)31-8-6-7-30(32(31)23(3)18-35-21-38)27-11-9-26(17-34)10-12-27/h6-16,18,21-22,24-25H,19-20H2,1-5H3,(H,35,38)/b23-18-. The van der Waals surface area contributed by atoms with E-state index in [-0.39, 0.29) is 24.3 Å². The molecule has 1 N–H and O–H groups in total. The molecule has 1 saturated heterocycles. The predicted octanol–water partition coefficient (Wildman–Crippen LogP) is 6.44. The minimum absolute atomic E-state index is 0.0171. The van der Waals surface area contributed by atoms with Gasteiger partial charge in [0, 0.05) is 25.0 Å². The Bertz CT molecular complexity index is 1410. The first kappa shape index (κ1) is 28.4. The molecule has 1 heterocycles. The van der Waals surface area contributed by atoms with E-state index >= 15 is 0 Å². The molecule has 2 amide bonds. The van der Waals surface area contributed by atoms with Gasteiger partial charge in [0.1, 0.15) is 0 Å². The summed E-state index contributed by atoms with van der Waals surface area (Å²) in [6, 6.07) is 24.4. The Balaban J connectivity index is 1.65. The topological polar surface area (TPSA) is 85.7 Å². The Morgan fingerprint density at radius 1 is 0.975 bits per heavy atom. The Kier molecular flexibility index (Phi) is 8.90. The second kappa shape index (κ2) is 12.5. The molecule has 3 aromatic rings. The third-order valence-electron chi connectivity index (χ3n) is 7.16. The molecule has 2 unspecified atom stereocenters. The zero-order valence-corrected chi connectivity index (χ0v) is 23.7. The van der Waals surface area contributed by atoms with Gasteiger partial charge in [-0.05, 0) is 92.3 Å². The number of piperazine rings is 1. The number of carbonyl (C=O) groups is 2. The van der Waals surface area contributed by atoms with Crippen molar-refractivity contribution in [3.8, 4) is 28.3 Å². The molecule has 0 radical (unpaired) electrons. The van der Waals surface area contributed by atoms with Gasteiger partial charge in [0.2, 0.25) is 6.41 Å². The number of nitriles is 1. The maximum atomic E-state index is 12.6. The average molecular weight is 537 g/mol. The molecule has 0 bridgehead atoms. The molecule has 0 aliphatic carbocycles. The van der Waals surface area contributed by atoms with Gasteiger partial charge in [-0.3, -0.25) is 9.69 Å². The molecule has 2 atom stereocenters. The summed E-state index contributed by atoms with van der Waals surface area (Å²) in [5, 5.41) is 11.9. The van der Waals surface area contributed by atoms with Gasteiger partial charge in [-0.2, -0.15) is 5.26 Å². The number of hydrogen-bond acceptors (Lipinski definition) is 5. The van der Waals surface area contributed by atoms with Crippen molar-refractivity contribution in [2.24, 2.45) is 0 Å². The smallest absolute Gasteiger partial charge is 0.410 e. The van der Waals surface area contributed by atoms with Crippen LogP contribution < -0.4 is 10.2 Å². The van der Waals surface area contributed by atoms with Crippen molar-refractivity contribution in [2.75, 3.05) is 18.0 Å². The maximum Gasteiger partial charge on any atom is 0.410 e. The van der Waals surface area contributed by atoms with Gasteiger partial charge in [0.05, 0.1) is 29.8 Å². The highest BCUT2D eigenvalue weighted by molar-refractivity contribution is 5.91. The number of nitrogens with one attached hydrogen (secondary N) is 1. The second-order valence-electron chi connectivity index (χ2n) is 10.5. The molecule has 0 aromatic heterocycles. The third kappa shape index (κ3) is 6.18. The van der Waals surface area contributed by atoms with E-state index in [9.17, 15) is 14.9 Å². The van der Waals surface area contributed by atoms with Crippen molar-refractivity contribution < 1.29 is 14.3 Å². The SMILES string of the molecule is C/C(=C/NC=O)c1c(-c2ccc(C#N)cc2)cccc1-c1ccc(N2CC(C)N(C(=O)OC(C)C)C(C)C2)cc1. The van der Waals surface area contributed by atoms with Crippen molar-refractivity contribution in [3.05, 3.63) is 84.1 Å². The lowest BCUT2D eigenvalue weighted by molar-refractivity contribution is -0.108. The van der Waals surface area contributed by atoms with Crippen LogP contribution in [0.25, 0.3) is 27.8 Å². The van der Waals surface area contributed by atoms with E-state index in [4.69, 9.17) is 4.74 Å². The number of rotatable bonds is 7. The van der Waals surface area contributed by atoms with Crippen LogP contribution in [0.2, 0.25) is 0 Å². The summed E-state index contributed by atoms with van der Waals surface area (Å²) in [5.41, 5.74) is 7.72. The molecular formula is C33H36N4O3. The average Bonchev–Trinajstić information content (AvgIpc) is 2.95. The lowest BCUT2D eigenvalue weighted by atomic mass is 9.88. The van der Waals surface area contributed by atoms with Crippen LogP contribution in [0.3, 0.4) is 0 Å². The summed E-state index contributed by atoms with van der Waals surface area (Å²) in [6.45, 7) is 11.3. The molecule has 40 heavy (non-hydrogen) atoms. The normalized spacial score (nSPS) is 17.4. The van der Waals surface area contributed by atoms with Crippen molar-refractivity contribution in [1.82, 2.24) is 10.2 Å². The third-order valence-corrected chi connectivity index (χ3v) is 7.16. The lowest BCUT2D eigenvalue weighted by Gasteiger charge is -2.44. The minimum atomic E-state index is -0.257. The molecule has 1 aliphatic rings. The van der Waals surface area contributed by atoms with Crippen molar-refractivity contribution >= 4 is 23.8 Å². The van der Waals surface area contributed by atoms with E-state index in [1.165, 1.54) is 0 Å². The fraction of sp³-hybridized carbons (Fsp3) is 0.303. The van der Waals surface area contributed by atoms with Crippen LogP contribution in [-0.4, -0.2) is 48.7 Å². The van der Waals surface area contributed by atoms with Crippen LogP contribution in [0.1, 0.15) is 45.7 Å². The molecule has 0 spiro atoms. The van der Waals surface area contributed by atoms with Crippen LogP contribution in [0.15, 0.2) is 72.9 Å². The summed E-state index contributed by atoms with van der Waals surface area (Å²) in [5.74, 6) is 0. The van der Waals surface area contributed by atoms with E-state index in [2.05, 4.69) is 66.5 Å². The van der Waals surface area contributed by atoms with Crippen LogP contribution >= 0.6 is 0 Å². The minimum Gasteiger partial charge on any atom is -0.447 e. The zero-order valence-electron chi connectivity index (χ0n) is 23.7. The summed E-state index contributed by atoms with van der Waals surface area (Å²) in [6.07, 6.45) is 1.96. The predicted molar refractivity (Wildman–Crippen MR) is 159 cm³/mol. The Hall–Kier alpha value is -4.57. The van der Waals surface area contributed by atoms with Crippen LogP contribution in [0.5, 0.6) is 0 Å². The molecule has 7 heteroatoms. The number of amides is 2. The quantitative estimate of drug-likeness (QED) is 0.351. The Morgan fingerprint density at radius 3 is 2.02 bits per heavy atom. The second-order valence-corrected chi connectivity index (χ2v) is 10.5. The monoisotopic (exact) mass is 536 g/mol. The number of nitrogens with zero attached hydrogens (tertiary/aromatic N) is 3. The van der Waals surface area contributed by atoms with Gasteiger partial charge < -0.3 is 15.0 Å². The number of anilines is 1. The first-order valence-electron chi connectivity index (χ1n) is 13.6. The highest BCUT2D eigenvalue weighted by Crippen LogP contribution is 2.38. The van der Waals surface area contributed by atoms with Gasteiger partial charge in [-0.25, -0.2) is 4.79 Å². The Morgan fingerprint density at radius 2 is 1.52 bits per heavy atom. The lowest BCUT2D eigenvalue weighted by Crippen LogP contribution is -2.59. The van der Waals surface area contributed by atoms with Crippen LogP contribution in [-0.2, 0) is 9.53 Å². The van der Waals surface area contributed by atoms with E-state index in [0.717, 1.165) is 52.2 Å². The van der Waals surface area contributed by atoms with E-state index < -0.39 is 0 Å². The summed E-state index contributed by atoms with van der Waals surface area (Å²) in [7, 11) is 0. The van der Waals surface area contributed by atoms with Crippen LogP contribution in [0.4, 0.5) is 10.5 Å². The Labute approximate surface area is 236 Å². The van der Waals surface area contributed by atoms with Crippen LogP contribution in [0, 0.1) is 11.3 Å². The van der Waals surface area contributed by atoms with Gasteiger partial charge in [0.15, 0.2) is 0 Å². The molecular weight excluding hydrogens is 500 g/mol. The van der Waals surface area contributed by atoms with Gasteiger partial charge in [-0.15, -0.1) is 0 Å². The van der Waals surface area contributed by atoms with E-state index in [1.54, 1.807) is 6.20 Å². The molecule has 0 saturated carbocycles. The number of benzene rings is 3. The van der Waals surface area contributed by atoms with E-state index in [0.29, 0.717) is 12.0 Å². The number of hydrogen-bond donors (Lipinski definition) is 1. The molecule has 7 nitrogen and oxygen atoms in total.